The van der Waals surface area contributed by atoms with Gasteiger partial charge in [-0.15, -0.1) is 0 Å². The minimum atomic E-state index is -0.396. The number of methoxy groups -OCH3 is 1. The second kappa shape index (κ2) is 7.97. The van der Waals surface area contributed by atoms with Gasteiger partial charge in [0.05, 0.1) is 7.11 Å². The molecule has 4 nitrogen and oxygen atoms in total. The predicted molar refractivity (Wildman–Crippen MR) is 71.7 cm³/mol. The third-order valence-electron chi connectivity index (χ3n) is 1.82. The molecule has 0 unspecified atom stereocenters. The molecule has 0 heterocycles. The number of hydroxylamine groups is 2. The van der Waals surface area contributed by atoms with Crippen LogP contribution in [-0.4, -0.2) is 38.5 Å². The number of esters is 1. The summed E-state index contributed by atoms with van der Waals surface area (Å²) >= 11 is 3.53. The summed E-state index contributed by atoms with van der Waals surface area (Å²) in [5.41, 5.74) is 1.45. The van der Waals surface area contributed by atoms with Crippen molar-refractivity contribution in [1.29, 1.82) is 0 Å². The average molecular weight is 257 g/mol. The Morgan fingerprint density at radius 1 is 1.29 bits per heavy atom. The number of hydrogen-bond donors (Lipinski definition) is 1. The van der Waals surface area contributed by atoms with E-state index in [1.54, 1.807) is 32.5 Å². The van der Waals surface area contributed by atoms with E-state index in [2.05, 4.69) is 17.4 Å². The third kappa shape index (κ3) is 5.10. The largest absolute Gasteiger partial charge is 0.465 e. The molecule has 0 saturated heterocycles. The fourth-order valence-electron chi connectivity index (χ4n) is 1.18. The molecule has 0 aromatic heterocycles. The van der Waals surface area contributed by atoms with Crippen molar-refractivity contribution in [3.63, 3.8) is 0 Å². The number of rotatable bonds is 3. The second-order valence-electron chi connectivity index (χ2n) is 3.39. The summed E-state index contributed by atoms with van der Waals surface area (Å²) in [5, 5.41) is 1.53. The number of aryl methyl sites for hydroxylation is 1. The van der Waals surface area contributed by atoms with Crippen LogP contribution in [0.1, 0.15) is 15.9 Å². The van der Waals surface area contributed by atoms with Gasteiger partial charge in [0, 0.05) is 14.1 Å². The zero-order valence-electron chi connectivity index (χ0n) is 10.9. The Hall–Kier alpha value is -1.20. The highest BCUT2D eigenvalue weighted by molar-refractivity contribution is 7.79. The Morgan fingerprint density at radius 3 is 2.35 bits per heavy atom. The number of carbonyl (C=O) groups is 1. The quantitative estimate of drug-likeness (QED) is 0.512. The van der Waals surface area contributed by atoms with Crippen molar-refractivity contribution in [1.82, 2.24) is 5.06 Å². The van der Waals surface area contributed by atoms with E-state index in [1.165, 1.54) is 12.2 Å². The van der Waals surface area contributed by atoms with E-state index in [0.717, 1.165) is 5.56 Å². The van der Waals surface area contributed by atoms with Crippen molar-refractivity contribution in [2.24, 2.45) is 0 Å². The van der Waals surface area contributed by atoms with Crippen LogP contribution in [0.15, 0.2) is 18.2 Å². The van der Waals surface area contributed by atoms with Crippen LogP contribution in [0.3, 0.4) is 0 Å². The van der Waals surface area contributed by atoms with Crippen molar-refractivity contribution >= 4 is 18.6 Å². The van der Waals surface area contributed by atoms with Crippen LogP contribution in [-0.2, 0) is 4.74 Å². The molecule has 96 valence electrons. The number of ether oxygens (including phenoxy) is 1. The maximum absolute atomic E-state index is 11.4. The summed E-state index contributed by atoms with van der Waals surface area (Å²) in [4.78, 5) is 16.8. The van der Waals surface area contributed by atoms with Gasteiger partial charge < -0.3 is 9.57 Å². The number of benzene rings is 1. The Labute approximate surface area is 108 Å². The molecule has 0 fully saturated rings. The highest BCUT2D eigenvalue weighted by Crippen LogP contribution is 2.21. The maximum Gasteiger partial charge on any atom is 0.341 e. The van der Waals surface area contributed by atoms with Crippen molar-refractivity contribution in [2.45, 2.75) is 6.92 Å². The first-order valence-electron chi connectivity index (χ1n) is 5.03. The summed E-state index contributed by atoms with van der Waals surface area (Å²) in [6.07, 6.45) is 1.69. The molecule has 0 radical (unpaired) electrons. The van der Waals surface area contributed by atoms with Crippen molar-refractivity contribution in [3.05, 3.63) is 29.3 Å². The minimum absolute atomic E-state index is 0.396. The van der Waals surface area contributed by atoms with E-state index in [4.69, 9.17) is 4.84 Å². The lowest BCUT2D eigenvalue weighted by atomic mass is 10.1. The fraction of sp³-hybridized carbons (Fsp3) is 0.417. The van der Waals surface area contributed by atoms with E-state index >= 15 is 0 Å². The number of hydrogen-bond acceptors (Lipinski definition) is 5. The molecule has 0 atom stereocenters. The lowest BCUT2D eigenvalue weighted by Gasteiger charge is -2.14. The lowest BCUT2D eigenvalue weighted by Crippen LogP contribution is -2.18. The van der Waals surface area contributed by atoms with Crippen LogP contribution in [0.2, 0.25) is 0 Å². The van der Waals surface area contributed by atoms with E-state index in [0.29, 0.717) is 11.3 Å². The standard InChI is InChI=1S/C11H15NO3.CH4S/c1-8-5-6-9(11(13)14-4)10(7-8)15-12(2)3;1-2/h5-7H,1-4H3;2H,1H3. The van der Waals surface area contributed by atoms with Crippen LogP contribution in [0.4, 0.5) is 0 Å². The Bertz CT molecular complexity index is 367. The molecule has 0 aliphatic carbocycles. The van der Waals surface area contributed by atoms with Gasteiger partial charge in [0.15, 0.2) is 5.75 Å². The molecule has 0 bridgehead atoms. The molecular formula is C12H19NO3S. The van der Waals surface area contributed by atoms with Gasteiger partial charge in [0.1, 0.15) is 5.56 Å². The smallest absolute Gasteiger partial charge is 0.341 e. The fourth-order valence-corrected chi connectivity index (χ4v) is 1.18. The van der Waals surface area contributed by atoms with Crippen molar-refractivity contribution < 1.29 is 14.4 Å². The maximum atomic E-state index is 11.4. The normalized spacial score (nSPS) is 9.35. The molecule has 1 aromatic rings. The molecule has 0 aliphatic rings. The first-order chi connectivity index (χ1) is 8.04. The summed E-state index contributed by atoms with van der Waals surface area (Å²) < 4.78 is 4.66. The van der Waals surface area contributed by atoms with Crippen LogP contribution < -0.4 is 4.84 Å². The molecule has 1 rings (SSSR count). The van der Waals surface area contributed by atoms with Gasteiger partial charge in [-0.05, 0) is 30.9 Å². The Kier molecular flexibility index (Phi) is 7.41. The van der Waals surface area contributed by atoms with Crippen LogP contribution in [0.5, 0.6) is 5.75 Å². The molecule has 1 aromatic carbocycles. The lowest BCUT2D eigenvalue weighted by molar-refractivity contribution is -0.00498. The van der Waals surface area contributed by atoms with E-state index in [1.807, 2.05) is 13.0 Å². The van der Waals surface area contributed by atoms with Crippen LogP contribution >= 0.6 is 12.6 Å². The molecular weight excluding hydrogens is 238 g/mol. The zero-order valence-corrected chi connectivity index (χ0v) is 11.7. The molecule has 17 heavy (non-hydrogen) atoms. The third-order valence-corrected chi connectivity index (χ3v) is 1.82. The molecule has 0 saturated carbocycles. The van der Waals surface area contributed by atoms with Gasteiger partial charge in [0.25, 0.3) is 0 Å². The van der Waals surface area contributed by atoms with Gasteiger partial charge >= 0.3 is 5.97 Å². The van der Waals surface area contributed by atoms with Crippen molar-refractivity contribution in [3.8, 4) is 5.75 Å². The van der Waals surface area contributed by atoms with E-state index in [-0.39, 0.29) is 0 Å². The van der Waals surface area contributed by atoms with Crippen molar-refractivity contribution in [2.75, 3.05) is 27.5 Å². The van der Waals surface area contributed by atoms with Crippen LogP contribution in [0.25, 0.3) is 0 Å². The second-order valence-corrected chi connectivity index (χ2v) is 3.39. The molecule has 5 heteroatoms. The van der Waals surface area contributed by atoms with Gasteiger partial charge in [-0.2, -0.15) is 17.7 Å². The van der Waals surface area contributed by atoms with Gasteiger partial charge in [-0.25, -0.2) is 4.79 Å². The molecule has 0 spiro atoms. The Morgan fingerprint density at radius 2 is 1.88 bits per heavy atom. The first-order valence-corrected chi connectivity index (χ1v) is 5.93. The Balaban J connectivity index is 0.00000121. The average Bonchev–Trinajstić information content (AvgIpc) is 2.30. The summed E-state index contributed by atoms with van der Waals surface area (Å²) in [5.74, 6) is 0.110. The zero-order chi connectivity index (χ0) is 13.4. The molecule has 0 amide bonds. The topological polar surface area (TPSA) is 38.8 Å². The highest BCUT2D eigenvalue weighted by Gasteiger charge is 2.13. The number of carbonyl (C=O) groups excluding carboxylic acids is 1. The first kappa shape index (κ1) is 15.8. The number of thiol groups is 1. The van der Waals surface area contributed by atoms with E-state index in [9.17, 15) is 4.79 Å². The van der Waals surface area contributed by atoms with Gasteiger partial charge in [-0.3, -0.25) is 0 Å². The van der Waals surface area contributed by atoms with Gasteiger partial charge in [-0.1, -0.05) is 6.07 Å². The van der Waals surface area contributed by atoms with Crippen LogP contribution in [0, 0.1) is 6.92 Å². The predicted octanol–water partition coefficient (Wildman–Crippen LogP) is 2.18. The highest BCUT2D eigenvalue weighted by atomic mass is 32.1. The summed E-state index contributed by atoms with van der Waals surface area (Å²) in [7, 11) is 4.86. The molecule has 0 aliphatic heterocycles. The summed E-state index contributed by atoms with van der Waals surface area (Å²) in [6.45, 7) is 1.93. The molecule has 0 N–H and O–H groups in total. The minimum Gasteiger partial charge on any atom is -0.465 e. The van der Waals surface area contributed by atoms with E-state index < -0.39 is 5.97 Å². The number of nitrogens with zero attached hydrogens (tertiary/aromatic N) is 1. The monoisotopic (exact) mass is 257 g/mol. The summed E-state index contributed by atoms with van der Waals surface area (Å²) in [6, 6.07) is 5.33. The van der Waals surface area contributed by atoms with Gasteiger partial charge in [0.2, 0.25) is 0 Å². The SMILES string of the molecule is COC(=O)c1ccc(C)cc1ON(C)C.CS.